The minimum absolute atomic E-state index is 0.0992. The van der Waals surface area contributed by atoms with Crippen molar-refractivity contribution in [3.8, 4) is 11.5 Å². The molecule has 0 radical (unpaired) electrons. The molecular formula is C20H23NO7. The van der Waals surface area contributed by atoms with Crippen LogP contribution in [0.5, 0.6) is 11.5 Å². The number of carboxylic acids is 1. The van der Waals surface area contributed by atoms with Crippen LogP contribution in [-0.2, 0) is 14.3 Å². The second kappa shape index (κ2) is 9.72. The predicted molar refractivity (Wildman–Crippen MR) is 103 cm³/mol. The first-order valence-electron chi connectivity index (χ1n) is 8.37. The molecule has 1 aliphatic carbocycles. The molecule has 2 N–H and O–H groups in total. The molecular weight excluding hydrogens is 366 g/mol. The maximum atomic E-state index is 12.3. The van der Waals surface area contributed by atoms with Crippen LogP contribution >= 0.6 is 0 Å². The molecule has 28 heavy (non-hydrogen) atoms. The Bertz CT molecular complexity index is 826. The summed E-state index contributed by atoms with van der Waals surface area (Å²) in [5, 5.41) is 11.9. The molecule has 150 valence electrons. The molecule has 1 amide bonds. The summed E-state index contributed by atoms with van der Waals surface area (Å²) in [6.45, 7) is 0. The number of ether oxygens (including phenoxy) is 4. The largest absolute Gasteiger partial charge is 0.493 e. The van der Waals surface area contributed by atoms with Crippen LogP contribution in [0.2, 0.25) is 0 Å². The molecule has 2 unspecified atom stereocenters. The Morgan fingerprint density at radius 1 is 1.04 bits per heavy atom. The van der Waals surface area contributed by atoms with Crippen LogP contribution < -0.4 is 14.8 Å². The minimum atomic E-state index is -1.20. The normalized spacial score (nSPS) is 18.6. The van der Waals surface area contributed by atoms with Crippen molar-refractivity contribution < 1.29 is 33.6 Å². The Hall–Kier alpha value is -3.10. The summed E-state index contributed by atoms with van der Waals surface area (Å²) in [7, 11) is 5.99. The van der Waals surface area contributed by atoms with Crippen molar-refractivity contribution in [3.05, 3.63) is 53.6 Å². The molecule has 0 spiro atoms. The zero-order valence-corrected chi connectivity index (χ0v) is 16.1. The van der Waals surface area contributed by atoms with E-state index >= 15 is 0 Å². The predicted octanol–water partition coefficient (Wildman–Crippen LogP) is 2.42. The molecule has 8 heteroatoms. The van der Waals surface area contributed by atoms with Crippen molar-refractivity contribution in [3.63, 3.8) is 0 Å². The Balaban J connectivity index is 2.19. The van der Waals surface area contributed by atoms with E-state index in [-0.39, 0.29) is 29.2 Å². The quantitative estimate of drug-likeness (QED) is 0.658. The number of carbonyl (C=O) groups is 2. The number of methoxy groups -OCH3 is 4. The number of nitrogens with one attached hydrogen (secondary N) is 1. The number of rotatable bonds is 8. The smallest absolute Gasteiger partial charge is 0.337 e. The van der Waals surface area contributed by atoms with E-state index in [2.05, 4.69) is 5.32 Å². The summed E-state index contributed by atoms with van der Waals surface area (Å²) in [6, 6.07) is 2.69. The number of benzene rings is 1. The summed E-state index contributed by atoms with van der Waals surface area (Å²) < 4.78 is 20.9. The van der Waals surface area contributed by atoms with Crippen LogP contribution in [0.1, 0.15) is 10.4 Å². The highest BCUT2D eigenvalue weighted by atomic mass is 16.5. The van der Waals surface area contributed by atoms with Crippen LogP contribution in [0, 0.1) is 0 Å². The topological polar surface area (TPSA) is 103 Å². The van der Waals surface area contributed by atoms with Gasteiger partial charge in [-0.05, 0) is 17.7 Å². The number of anilines is 1. The molecule has 2 atom stereocenters. The van der Waals surface area contributed by atoms with E-state index in [0.29, 0.717) is 5.75 Å². The maximum absolute atomic E-state index is 12.3. The van der Waals surface area contributed by atoms with Crippen LogP contribution in [-0.4, -0.2) is 57.6 Å². The van der Waals surface area contributed by atoms with E-state index in [4.69, 9.17) is 18.9 Å². The lowest BCUT2D eigenvalue weighted by atomic mass is 10.0. The Labute approximate surface area is 163 Å². The number of aromatic carboxylic acids is 1. The van der Waals surface area contributed by atoms with Gasteiger partial charge < -0.3 is 29.4 Å². The Kier molecular flexibility index (Phi) is 7.36. The second-order valence-corrected chi connectivity index (χ2v) is 5.81. The number of hydrogen-bond donors (Lipinski definition) is 2. The molecule has 1 aliphatic rings. The summed E-state index contributed by atoms with van der Waals surface area (Å²) in [4.78, 5) is 23.8. The van der Waals surface area contributed by atoms with Crippen LogP contribution in [0.25, 0.3) is 0 Å². The van der Waals surface area contributed by atoms with Gasteiger partial charge in [-0.15, -0.1) is 0 Å². The number of allylic oxidation sites excluding steroid dienone is 3. The third kappa shape index (κ3) is 4.99. The summed E-state index contributed by atoms with van der Waals surface area (Å²) in [5.41, 5.74) is 0.752. The van der Waals surface area contributed by atoms with Gasteiger partial charge in [-0.2, -0.15) is 0 Å². The lowest BCUT2D eigenvalue weighted by Crippen LogP contribution is -2.28. The fraction of sp³-hybridized carbons (Fsp3) is 0.300. The van der Waals surface area contributed by atoms with E-state index in [1.807, 2.05) is 18.2 Å². The highest BCUT2D eigenvalue weighted by Crippen LogP contribution is 2.33. The average molecular weight is 389 g/mol. The number of carbonyl (C=O) groups excluding carboxylic acids is 1. The van der Waals surface area contributed by atoms with Crippen molar-refractivity contribution in [2.75, 3.05) is 33.8 Å². The molecule has 1 aromatic carbocycles. The summed E-state index contributed by atoms with van der Waals surface area (Å²) >= 11 is 0. The average Bonchev–Trinajstić information content (AvgIpc) is 2.71. The SMILES string of the molecule is COc1cc(NC(=O)/C=C/C2=CC(OC)C(OC)C=C2)c(C(=O)O)cc1OC. The van der Waals surface area contributed by atoms with Crippen LogP contribution in [0.15, 0.2) is 48.1 Å². The van der Waals surface area contributed by atoms with Crippen molar-refractivity contribution in [1.29, 1.82) is 0 Å². The van der Waals surface area contributed by atoms with Gasteiger partial charge in [-0.3, -0.25) is 4.79 Å². The van der Waals surface area contributed by atoms with Crippen molar-refractivity contribution in [2.24, 2.45) is 0 Å². The molecule has 8 nitrogen and oxygen atoms in total. The van der Waals surface area contributed by atoms with Crippen molar-refractivity contribution in [1.82, 2.24) is 0 Å². The zero-order valence-electron chi connectivity index (χ0n) is 16.1. The fourth-order valence-electron chi connectivity index (χ4n) is 2.69. The molecule has 0 fully saturated rings. The monoisotopic (exact) mass is 389 g/mol. The Morgan fingerprint density at radius 3 is 2.25 bits per heavy atom. The van der Waals surface area contributed by atoms with Gasteiger partial charge in [0, 0.05) is 32.4 Å². The summed E-state index contributed by atoms with van der Waals surface area (Å²) in [5.74, 6) is -1.14. The molecule has 0 saturated heterocycles. The van der Waals surface area contributed by atoms with Gasteiger partial charge in [0.05, 0.1) is 25.5 Å². The minimum Gasteiger partial charge on any atom is -0.493 e. The van der Waals surface area contributed by atoms with E-state index in [0.717, 1.165) is 5.57 Å². The number of amides is 1. The van der Waals surface area contributed by atoms with Crippen molar-refractivity contribution in [2.45, 2.75) is 12.2 Å². The van der Waals surface area contributed by atoms with Gasteiger partial charge >= 0.3 is 5.97 Å². The molecule has 2 rings (SSSR count). The molecule has 0 saturated carbocycles. The van der Waals surface area contributed by atoms with E-state index in [9.17, 15) is 14.7 Å². The first-order valence-corrected chi connectivity index (χ1v) is 8.37. The van der Waals surface area contributed by atoms with Gasteiger partial charge in [0.15, 0.2) is 11.5 Å². The van der Waals surface area contributed by atoms with Gasteiger partial charge in [-0.25, -0.2) is 4.79 Å². The van der Waals surface area contributed by atoms with Gasteiger partial charge in [0.2, 0.25) is 5.91 Å². The maximum Gasteiger partial charge on any atom is 0.337 e. The summed E-state index contributed by atoms with van der Waals surface area (Å²) in [6.07, 6.45) is 7.93. The van der Waals surface area contributed by atoms with Crippen LogP contribution in [0.4, 0.5) is 5.69 Å². The molecule has 0 heterocycles. The van der Waals surface area contributed by atoms with Gasteiger partial charge in [-0.1, -0.05) is 12.2 Å². The highest BCUT2D eigenvalue weighted by molar-refractivity contribution is 6.05. The molecule has 0 aromatic heterocycles. The first kappa shape index (κ1) is 21.2. The third-order valence-corrected chi connectivity index (χ3v) is 4.14. The first-order chi connectivity index (χ1) is 13.4. The third-order valence-electron chi connectivity index (χ3n) is 4.14. The fourth-order valence-corrected chi connectivity index (χ4v) is 2.69. The van der Waals surface area contributed by atoms with Crippen molar-refractivity contribution >= 4 is 17.6 Å². The lowest BCUT2D eigenvalue weighted by molar-refractivity contribution is -0.111. The highest BCUT2D eigenvalue weighted by Gasteiger charge is 2.20. The van der Waals surface area contributed by atoms with Crippen LogP contribution in [0.3, 0.4) is 0 Å². The van der Waals surface area contributed by atoms with E-state index in [1.165, 1.54) is 32.4 Å². The Morgan fingerprint density at radius 2 is 1.68 bits per heavy atom. The number of carboxylic acid groups (broad SMARTS) is 1. The van der Waals surface area contributed by atoms with E-state index < -0.39 is 11.9 Å². The van der Waals surface area contributed by atoms with Gasteiger partial charge in [0.1, 0.15) is 12.2 Å². The molecule has 0 aliphatic heterocycles. The zero-order chi connectivity index (χ0) is 20.7. The number of hydrogen-bond acceptors (Lipinski definition) is 6. The van der Waals surface area contributed by atoms with E-state index in [1.54, 1.807) is 20.3 Å². The van der Waals surface area contributed by atoms with Gasteiger partial charge in [0.25, 0.3) is 0 Å². The molecule has 0 bridgehead atoms. The second-order valence-electron chi connectivity index (χ2n) is 5.81. The lowest BCUT2D eigenvalue weighted by Gasteiger charge is -2.22. The standard InChI is InChI=1S/C20H23NO7/c1-25-15-7-5-12(9-16(15)26-2)6-8-19(22)21-14-11-18(28-4)17(27-3)10-13(14)20(23)24/h5-11,15-16H,1-4H3,(H,21,22)(H,23,24)/b8-6+. The molecule has 1 aromatic rings.